The van der Waals surface area contributed by atoms with Crippen molar-refractivity contribution < 1.29 is 0 Å². The van der Waals surface area contributed by atoms with Crippen molar-refractivity contribution in [2.24, 2.45) is 5.92 Å². The minimum absolute atomic E-state index is 0.719. The Morgan fingerprint density at radius 2 is 2.11 bits per heavy atom. The van der Waals surface area contributed by atoms with Gasteiger partial charge in [-0.1, -0.05) is 26.2 Å². The first-order chi connectivity index (χ1) is 9.26. The Balaban J connectivity index is 2.04. The van der Waals surface area contributed by atoms with Crippen molar-refractivity contribution in [3.63, 3.8) is 0 Å². The minimum atomic E-state index is 0.719. The number of hydrogen-bond donors (Lipinski definition) is 1. The van der Waals surface area contributed by atoms with Gasteiger partial charge in [0.25, 0.3) is 0 Å². The largest absolute Gasteiger partial charge is 0.317 e. The molecule has 0 aromatic carbocycles. The van der Waals surface area contributed by atoms with Gasteiger partial charge in [-0.25, -0.2) is 0 Å². The van der Waals surface area contributed by atoms with E-state index in [1.54, 1.807) is 0 Å². The summed E-state index contributed by atoms with van der Waals surface area (Å²) >= 11 is 0. The summed E-state index contributed by atoms with van der Waals surface area (Å²) in [6, 6.07) is 3.04. The SMILES string of the molecule is CCc1cc(CC2CCCCC(NC)C2)n(CC)n1. The van der Waals surface area contributed by atoms with Crippen LogP contribution in [0, 0.1) is 5.92 Å². The van der Waals surface area contributed by atoms with E-state index in [0.717, 1.165) is 24.9 Å². The van der Waals surface area contributed by atoms with Crippen molar-refractivity contribution in [3.8, 4) is 0 Å². The second-order valence-corrected chi connectivity index (χ2v) is 5.87. The van der Waals surface area contributed by atoms with Crippen LogP contribution in [0.25, 0.3) is 0 Å². The molecule has 1 fully saturated rings. The molecule has 1 aliphatic rings. The van der Waals surface area contributed by atoms with Crippen molar-refractivity contribution in [1.29, 1.82) is 0 Å². The second-order valence-electron chi connectivity index (χ2n) is 5.87. The highest BCUT2D eigenvalue weighted by atomic mass is 15.3. The lowest BCUT2D eigenvalue weighted by molar-refractivity contribution is 0.391. The molecule has 1 aromatic heterocycles. The van der Waals surface area contributed by atoms with Crippen LogP contribution in [-0.2, 0) is 19.4 Å². The smallest absolute Gasteiger partial charge is 0.0624 e. The van der Waals surface area contributed by atoms with Gasteiger partial charge in [-0.15, -0.1) is 0 Å². The van der Waals surface area contributed by atoms with Crippen molar-refractivity contribution >= 4 is 0 Å². The minimum Gasteiger partial charge on any atom is -0.317 e. The summed E-state index contributed by atoms with van der Waals surface area (Å²) in [5, 5.41) is 8.16. The average molecular weight is 263 g/mol. The van der Waals surface area contributed by atoms with Crippen LogP contribution >= 0.6 is 0 Å². The molecule has 0 saturated heterocycles. The van der Waals surface area contributed by atoms with Gasteiger partial charge in [-0.3, -0.25) is 4.68 Å². The monoisotopic (exact) mass is 263 g/mol. The summed E-state index contributed by atoms with van der Waals surface area (Å²) in [5.74, 6) is 0.826. The fraction of sp³-hybridized carbons (Fsp3) is 0.812. The molecular formula is C16H29N3. The van der Waals surface area contributed by atoms with Gasteiger partial charge in [0.1, 0.15) is 0 Å². The van der Waals surface area contributed by atoms with E-state index < -0.39 is 0 Å². The highest BCUT2D eigenvalue weighted by molar-refractivity contribution is 5.11. The first-order valence-corrected chi connectivity index (χ1v) is 7.99. The van der Waals surface area contributed by atoms with E-state index in [9.17, 15) is 0 Å². The molecule has 19 heavy (non-hydrogen) atoms. The Morgan fingerprint density at radius 1 is 1.32 bits per heavy atom. The highest BCUT2D eigenvalue weighted by Gasteiger charge is 2.20. The molecule has 0 amide bonds. The van der Waals surface area contributed by atoms with Crippen LogP contribution in [0.4, 0.5) is 0 Å². The van der Waals surface area contributed by atoms with Crippen LogP contribution in [0.15, 0.2) is 6.07 Å². The quantitative estimate of drug-likeness (QED) is 0.827. The normalized spacial score (nSPS) is 24.4. The van der Waals surface area contributed by atoms with E-state index in [0.29, 0.717) is 0 Å². The summed E-state index contributed by atoms with van der Waals surface area (Å²) in [6.07, 6.45) is 9.09. The summed E-state index contributed by atoms with van der Waals surface area (Å²) in [5.41, 5.74) is 2.69. The Hall–Kier alpha value is -0.830. The summed E-state index contributed by atoms with van der Waals surface area (Å²) in [4.78, 5) is 0. The van der Waals surface area contributed by atoms with Crippen molar-refractivity contribution in [2.75, 3.05) is 7.05 Å². The molecule has 1 heterocycles. The van der Waals surface area contributed by atoms with E-state index in [4.69, 9.17) is 0 Å². The van der Waals surface area contributed by atoms with E-state index in [2.05, 4.69) is 42.1 Å². The number of rotatable bonds is 5. The topological polar surface area (TPSA) is 29.9 Å². The molecule has 2 unspecified atom stereocenters. The first-order valence-electron chi connectivity index (χ1n) is 7.99. The van der Waals surface area contributed by atoms with Gasteiger partial charge in [0.15, 0.2) is 0 Å². The van der Waals surface area contributed by atoms with Gasteiger partial charge in [-0.05, 0) is 51.6 Å². The maximum atomic E-state index is 4.68. The molecular weight excluding hydrogens is 234 g/mol. The molecule has 1 N–H and O–H groups in total. The van der Waals surface area contributed by atoms with Gasteiger partial charge < -0.3 is 5.32 Å². The molecule has 2 atom stereocenters. The van der Waals surface area contributed by atoms with E-state index in [1.807, 2.05) is 0 Å². The fourth-order valence-corrected chi connectivity index (χ4v) is 3.33. The van der Waals surface area contributed by atoms with Crippen LogP contribution in [0.1, 0.15) is 57.3 Å². The molecule has 0 bridgehead atoms. The standard InChI is InChI=1S/C16H29N3/c1-4-14-12-16(19(5-2)18-14)11-13-8-6-7-9-15(10-13)17-3/h12-13,15,17H,4-11H2,1-3H3. The molecule has 1 aromatic rings. The Labute approximate surface area is 117 Å². The van der Waals surface area contributed by atoms with Crippen LogP contribution in [0.5, 0.6) is 0 Å². The molecule has 1 aliphatic carbocycles. The van der Waals surface area contributed by atoms with Gasteiger partial charge in [0, 0.05) is 18.3 Å². The van der Waals surface area contributed by atoms with E-state index in [1.165, 1.54) is 49.9 Å². The fourth-order valence-electron chi connectivity index (χ4n) is 3.33. The third-order valence-electron chi connectivity index (χ3n) is 4.51. The molecule has 0 aliphatic heterocycles. The maximum Gasteiger partial charge on any atom is 0.0624 e. The molecule has 0 spiro atoms. The Morgan fingerprint density at radius 3 is 2.79 bits per heavy atom. The summed E-state index contributed by atoms with van der Waals surface area (Å²) < 4.78 is 2.21. The molecule has 108 valence electrons. The van der Waals surface area contributed by atoms with Gasteiger partial charge in [0.2, 0.25) is 0 Å². The van der Waals surface area contributed by atoms with Gasteiger partial charge in [0.05, 0.1) is 5.69 Å². The number of aryl methyl sites for hydroxylation is 2. The number of nitrogens with zero attached hydrogens (tertiary/aromatic N) is 2. The number of hydrogen-bond acceptors (Lipinski definition) is 2. The van der Waals surface area contributed by atoms with Crippen molar-refractivity contribution in [1.82, 2.24) is 15.1 Å². The maximum absolute atomic E-state index is 4.68. The van der Waals surface area contributed by atoms with Crippen molar-refractivity contribution in [2.45, 2.75) is 71.4 Å². The second kappa shape index (κ2) is 7.09. The van der Waals surface area contributed by atoms with E-state index >= 15 is 0 Å². The predicted molar refractivity (Wildman–Crippen MR) is 80.4 cm³/mol. The highest BCUT2D eigenvalue weighted by Crippen LogP contribution is 2.26. The summed E-state index contributed by atoms with van der Waals surface area (Å²) in [6.45, 7) is 5.38. The predicted octanol–water partition coefficient (Wildman–Crippen LogP) is 3.18. The molecule has 2 rings (SSSR count). The lowest BCUT2D eigenvalue weighted by Crippen LogP contribution is -2.27. The van der Waals surface area contributed by atoms with E-state index in [-0.39, 0.29) is 0 Å². The zero-order chi connectivity index (χ0) is 13.7. The zero-order valence-electron chi connectivity index (χ0n) is 12.8. The van der Waals surface area contributed by atoms with Gasteiger partial charge >= 0.3 is 0 Å². The number of aromatic nitrogens is 2. The first kappa shape index (κ1) is 14.6. The van der Waals surface area contributed by atoms with Crippen LogP contribution in [0.3, 0.4) is 0 Å². The Bertz CT molecular complexity index is 383. The van der Waals surface area contributed by atoms with Crippen LogP contribution in [0.2, 0.25) is 0 Å². The lowest BCUT2D eigenvalue weighted by atomic mass is 9.93. The molecule has 3 heteroatoms. The molecule has 1 saturated carbocycles. The number of nitrogens with one attached hydrogen (secondary N) is 1. The zero-order valence-corrected chi connectivity index (χ0v) is 12.8. The average Bonchev–Trinajstić information content (AvgIpc) is 2.68. The summed E-state index contributed by atoms with van der Waals surface area (Å²) in [7, 11) is 2.11. The van der Waals surface area contributed by atoms with Crippen LogP contribution < -0.4 is 5.32 Å². The third-order valence-corrected chi connectivity index (χ3v) is 4.51. The van der Waals surface area contributed by atoms with Crippen LogP contribution in [-0.4, -0.2) is 22.9 Å². The van der Waals surface area contributed by atoms with Crippen molar-refractivity contribution in [3.05, 3.63) is 17.5 Å². The molecule has 3 nitrogen and oxygen atoms in total. The third kappa shape index (κ3) is 3.82. The Kier molecular flexibility index (Phi) is 5.44. The van der Waals surface area contributed by atoms with Gasteiger partial charge in [-0.2, -0.15) is 5.10 Å². The molecule has 0 radical (unpaired) electrons. The lowest BCUT2D eigenvalue weighted by Gasteiger charge is -2.19.